The number of alkyl halides is 1. The Hall–Kier alpha value is -3.33. The number of para-hydroxylation sites is 1. The van der Waals surface area contributed by atoms with Gasteiger partial charge in [0.2, 0.25) is 0 Å². The summed E-state index contributed by atoms with van der Waals surface area (Å²) in [6, 6.07) is 16.9. The van der Waals surface area contributed by atoms with Crippen LogP contribution >= 0.6 is 11.9 Å². The van der Waals surface area contributed by atoms with Crippen LogP contribution in [0.3, 0.4) is 0 Å². The van der Waals surface area contributed by atoms with Crippen molar-refractivity contribution in [2.45, 2.75) is 18.1 Å². The van der Waals surface area contributed by atoms with Crippen molar-refractivity contribution in [2.75, 3.05) is 20.3 Å². The Bertz CT molecular complexity index is 1040. The Morgan fingerprint density at radius 2 is 2.00 bits per heavy atom. The fraction of sp³-hybridized carbons (Fsp3) is 0.261. The fourth-order valence-corrected chi connectivity index (χ4v) is 3.94. The van der Waals surface area contributed by atoms with Crippen LogP contribution < -0.4 is 15.2 Å². The number of carbonyl (C=O) groups is 1. The van der Waals surface area contributed by atoms with E-state index >= 15 is 0 Å². The molecule has 0 spiro atoms. The highest BCUT2D eigenvalue weighted by atomic mass is 32.2. The number of benzene rings is 2. The number of hydrogen-bond acceptors (Lipinski definition) is 5. The molecular weight excluding hydrogens is 429 g/mol. The number of nitrogens with one attached hydrogen (secondary N) is 2. The zero-order valence-corrected chi connectivity index (χ0v) is 18.6. The zero-order valence-electron chi connectivity index (χ0n) is 17.8. The summed E-state index contributed by atoms with van der Waals surface area (Å²) in [7, 11) is 1.53. The Morgan fingerprint density at radius 1 is 1.25 bits per heavy atom. The predicted octanol–water partition coefficient (Wildman–Crippen LogP) is 4.31. The average molecular weight is 456 g/mol. The molecule has 1 amide bonds. The van der Waals surface area contributed by atoms with E-state index < -0.39 is 6.67 Å². The summed E-state index contributed by atoms with van der Waals surface area (Å²) in [5, 5.41) is -0.159. The smallest absolute Gasteiger partial charge is 0.264 e. The molecule has 0 saturated heterocycles. The van der Waals surface area contributed by atoms with Gasteiger partial charge in [-0.3, -0.25) is 14.5 Å². The molecule has 7 nitrogen and oxygen atoms in total. The Balaban J connectivity index is 1.72. The van der Waals surface area contributed by atoms with Crippen molar-refractivity contribution in [1.29, 1.82) is 0 Å². The molecule has 1 atom stereocenters. The number of amides is 1. The number of aromatic nitrogens is 2. The molecule has 0 aliphatic rings. The third-order valence-electron chi connectivity index (χ3n) is 4.71. The summed E-state index contributed by atoms with van der Waals surface area (Å²) < 4.78 is 20.7. The molecule has 0 saturated carbocycles. The molecule has 3 aromatic rings. The number of imidazole rings is 1. The van der Waals surface area contributed by atoms with Crippen LogP contribution in [0.4, 0.5) is 4.39 Å². The number of amidine groups is 1. The van der Waals surface area contributed by atoms with Crippen molar-refractivity contribution in [3.05, 3.63) is 72.2 Å². The van der Waals surface area contributed by atoms with Gasteiger partial charge in [-0.1, -0.05) is 42.5 Å². The molecule has 1 aromatic heterocycles. The second kappa shape index (κ2) is 11.9. The molecule has 0 radical (unpaired) electrons. The molecule has 168 valence electrons. The van der Waals surface area contributed by atoms with Crippen molar-refractivity contribution in [1.82, 2.24) is 14.7 Å². The number of hydrogen-bond donors (Lipinski definition) is 3. The number of rotatable bonds is 11. The van der Waals surface area contributed by atoms with E-state index in [0.717, 1.165) is 17.1 Å². The number of aromatic amines is 1. The highest BCUT2D eigenvalue weighted by molar-refractivity contribution is 7.98. The normalized spacial score (nSPS) is 12.4. The maximum absolute atomic E-state index is 12.7. The highest BCUT2D eigenvalue weighted by Gasteiger charge is 2.19. The minimum absolute atomic E-state index is 0.0111. The van der Waals surface area contributed by atoms with Gasteiger partial charge in [-0.15, -0.1) is 0 Å². The average Bonchev–Trinajstić information content (AvgIpc) is 3.33. The third kappa shape index (κ3) is 6.34. The number of halogens is 1. The van der Waals surface area contributed by atoms with Crippen molar-refractivity contribution >= 4 is 23.7 Å². The standard InChI is InChI=1S/C23H26FN5O2S/c1-31-19-11-6-5-10-17(19)23(30)29-32-20(12-7-13-26-21(25)14-24)22-27-15-18(28-22)16-8-3-2-4-9-16/h2-6,8-11,15,20H,7,12-14H2,1H3,(H2,25,26)(H,27,28)(H,29,30)/t20-/m0/s1. The van der Waals surface area contributed by atoms with E-state index in [2.05, 4.69) is 19.7 Å². The van der Waals surface area contributed by atoms with Crippen molar-refractivity contribution in [2.24, 2.45) is 10.7 Å². The van der Waals surface area contributed by atoms with E-state index in [1.807, 2.05) is 36.4 Å². The first-order chi connectivity index (χ1) is 15.6. The van der Waals surface area contributed by atoms with E-state index in [9.17, 15) is 9.18 Å². The summed E-state index contributed by atoms with van der Waals surface area (Å²) >= 11 is 1.27. The van der Waals surface area contributed by atoms with Gasteiger partial charge in [-0.25, -0.2) is 9.37 Å². The van der Waals surface area contributed by atoms with Crippen LogP contribution in [0.5, 0.6) is 5.75 Å². The van der Waals surface area contributed by atoms with E-state index in [-0.39, 0.29) is 17.0 Å². The summed E-state index contributed by atoms with van der Waals surface area (Å²) in [4.78, 5) is 24.6. The van der Waals surface area contributed by atoms with Gasteiger partial charge in [-0.2, -0.15) is 0 Å². The molecule has 0 fully saturated rings. The maximum Gasteiger partial charge on any atom is 0.264 e. The first-order valence-corrected chi connectivity index (χ1v) is 11.0. The van der Waals surface area contributed by atoms with Gasteiger partial charge in [-0.05, 0) is 42.5 Å². The molecule has 0 unspecified atom stereocenters. The van der Waals surface area contributed by atoms with Gasteiger partial charge in [0, 0.05) is 6.54 Å². The number of methoxy groups -OCH3 is 1. The lowest BCUT2D eigenvalue weighted by Crippen LogP contribution is -2.19. The van der Waals surface area contributed by atoms with Gasteiger partial charge < -0.3 is 15.5 Å². The van der Waals surface area contributed by atoms with E-state index in [0.29, 0.717) is 30.7 Å². The largest absolute Gasteiger partial charge is 0.496 e. The van der Waals surface area contributed by atoms with Crippen molar-refractivity contribution < 1.29 is 13.9 Å². The van der Waals surface area contributed by atoms with Gasteiger partial charge in [0.15, 0.2) is 0 Å². The molecule has 9 heteroatoms. The number of H-pyrrole nitrogens is 1. The van der Waals surface area contributed by atoms with Gasteiger partial charge in [0.1, 0.15) is 24.1 Å². The summed E-state index contributed by atoms with van der Waals surface area (Å²) in [5.41, 5.74) is 7.80. The Morgan fingerprint density at radius 3 is 2.75 bits per heavy atom. The SMILES string of the molecule is COc1ccccc1C(=O)NS[C@@H](CCCN=C(N)CF)c1ncc(-c2ccccc2)[nH]1. The minimum atomic E-state index is -0.758. The summed E-state index contributed by atoms with van der Waals surface area (Å²) in [6.07, 6.45) is 3.09. The van der Waals surface area contributed by atoms with Gasteiger partial charge in [0.05, 0.1) is 29.8 Å². The first-order valence-electron chi connectivity index (χ1n) is 10.2. The third-order valence-corrected chi connectivity index (χ3v) is 5.75. The first kappa shape index (κ1) is 23.3. The van der Waals surface area contributed by atoms with E-state index in [1.165, 1.54) is 19.1 Å². The molecule has 32 heavy (non-hydrogen) atoms. The van der Waals surface area contributed by atoms with E-state index in [1.54, 1.807) is 24.4 Å². The topological polar surface area (TPSA) is 105 Å². The Kier molecular flexibility index (Phi) is 8.68. The maximum atomic E-state index is 12.7. The van der Waals surface area contributed by atoms with E-state index in [4.69, 9.17) is 10.5 Å². The highest BCUT2D eigenvalue weighted by Crippen LogP contribution is 2.31. The van der Waals surface area contributed by atoms with Crippen molar-refractivity contribution in [3.63, 3.8) is 0 Å². The molecular formula is C23H26FN5O2S. The number of nitrogens with two attached hydrogens (primary N) is 1. The lowest BCUT2D eigenvalue weighted by Gasteiger charge is -2.15. The monoisotopic (exact) mass is 455 g/mol. The molecule has 0 aliphatic carbocycles. The molecule has 4 N–H and O–H groups in total. The summed E-state index contributed by atoms with van der Waals surface area (Å²) in [5.74, 6) is 0.967. The van der Waals surface area contributed by atoms with Crippen molar-refractivity contribution in [3.8, 4) is 17.0 Å². The van der Waals surface area contributed by atoms with Gasteiger partial charge in [0.25, 0.3) is 5.91 Å². The van der Waals surface area contributed by atoms with Crippen LogP contribution in [-0.4, -0.2) is 42.0 Å². The fourth-order valence-electron chi connectivity index (χ4n) is 3.07. The number of aliphatic imine (C=N–C) groups is 1. The minimum Gasteiger partial charge on any atom is -0.496 e. The van der Waals surface area contributed by atoms with Gasteiger partial charge >= 0.3 is 0 Å². The molecule has 0 bridgehead atoms. The molecule has 0 aliphatic heterocycles. The predicted molar refractivity (Wildman–Crippen MR) is 127 cm³/mol. The zero-order chi connectivity index (χ0) is 22.8. The van der Waals surface area contributed by atoms with Crippen LogP contribution in [0, 0.1) is 0 Å². The second-order valence-electron chi connectivity index (χ2n) is 6.94. The van der Waals surface area contributed by atoms with Crippen LogP contribution in [0.1, 0.15) is 34.3 Å². The second-order valence-corrected chi connectivity index (χ2v) is 7.94. The molecule has 1 heterocycles. The summed E-state index contributed by atoms with van der Waals surface area (Å²) in [6.45, 7) is -0.356. The van der Waals surface area contributed by atoms with Crippen LogP contribution in [0.15, 0.2) is 65.8 Å². The lowest BCUT2D eigenvalue weighted by atomic mass is 10.2. The van der Waals surface area contributed by atoms with Crippen LogP contribution in [-0.2, 0) is 0 Å². The number of nitrogens with zero attached hydrogens (tertiary/aromatic N) is 2. The van der Waals surface area contributed by atoms with Crippen LogP contribution in [0.25, 0.3) is 11.3 Å². The lowest BCUT2D eigenvalue weighted by molar-refractivity contribution is 0.0981. The molecule has 2 aromatic carbocycles. The Labute approximate surface area is 190 Å². The van der Waals surface area contributed by atoms with Crippen LogP contribution in [0.2, 0.25) is 0 Å². The number of carbonyl (C=O) groups excluding carboxylic acids is 1. The molecule has 3 rings (SSSR count). The quantitative estimate of drug-likeness (QED) is 0.173. The number of ether oxygens (including phenoxy) is 1.